The normalized spacial score (nSPS) is 22.1. The number of fused-ring (bicyclic) bond motifs is 1. The fraction of sp³-hybridized carbons (Fsp3) is 0.333. The summed E-state index contributed by atoms with van der Waals surface area (Å²) in [5.74, 6) is -0.975. The molecule has 0 aliphatic carbocycles. The Bertz CT molecular complexity index is 1680. The van der Waals surface area contributed by atoms with Crippen molar-refractivity contribution in [3.05, 3.63) is 76.0 Å². The summed E-state index contributed by atoms with van der Waals surface area (Å²) in [5, 5.41) is 33.0. The zero-order valence-corrected chi connectivity index (χ0v) is 25.4. The van der Waals surface area contributed by atoms with E-state index in [0.717, 1.165) is 10.2 Å². The number of hydrogen-bond acceptors (Lipinski definition) is 12. The van der Waals surface area contributed by atoms with Gasteiger partial charge in [0.1, 0.15) is 18.3 Å². The lowest BCUT2D eigenvalue weighted by Gasteiger charge is -2.22. The van der Waals surface area contributed by atoms with Crippen LogP contribution >= 0.6 is 38.4 Å². The Hall–Kier alpha value is -2.52. The minimum atomic E-state index is -4.84. The van der Waals surface area contributed by atoms with E-state index in [-0.39, 0.29) is 35.4 Å². The highest BCUT2D eigenvalue weighted by molar-refractivity contribution is 7.70. The number of aromatic nitrogens is 5. The second-order valence-corrected chi connectivity index (χ2v) is 14.5. The smallest absolute Gasteiger partial charge is 0.343 e. The minimum absolute atomic E-state index is 0.0674. The maximum Gasteiger partial charge on any atom is 0.343 e. The van der Waals surface area contributed by atoms with Crippen LogP contribution < -0.4 is 5.32 Å². The van der Waals surface area contributed by atoms with Gasteiger partial charge in [0.15, 0.2) is 29.1 Å². The number of nitrogens with zero attached hydrogens (tertiary/aromatic N) is 5. The Labute approximate surface area is 254 Å². The van der Waals surface area contributed by atoms with Gasteiger partial charge in [0, 0.05) is 11.6 Å². The summed E-state index contributed by atoms with van der Waals surface area (Å²) in [6, 6.07) is 15.7. The van der Waals surface area contributed by atoms with E-state index < -0.39 is 52.2 Å². The lowest BCUT2D eigenvalue weighted by molar-refractivity contribution is -0.0556. The van der Waals surface area contributed by atoms with E-state index in [1.165, 1.54) is 0 Å². The summed E-state index contributed by atoms with van der Waals surface area (Å²) in [6.07, 6.45) is -5.82. The van der Waals surface area contributed by atoms with Crippen molar-refractivity contribution in [1.82, 2.24) is 25.0 Å². The molecule has 15 nitrogen and oxygen atoms in total. The molecule has 0 saturated carbocycles. The van der Waals surface area contributed by atoms with E-state index in [4.69, 9.17) is 37.0 Å². The maximum atomic E-state index is 13.3. The van der Waals surface area contributed by atoms with Gasteiger partial charge in [0.25, 0.3) is 0 Å². The Kier molecular flexibility index (Phi) is 9.81. The lowest BCUT2D eigenvalue weighted by Crippen LogP contribution is -2.34. The van der Waals surface area contributed by atoms with Crippen molar-refractivity contribution >= 4 is 55.4 Å². The monoisotopic (exact) mass is 674 g/mol. The van der Waals surface area contributed by atoms with Gasteiger partial charge in [-0.2, -0.15) is 14.6 Å². The van der Waals surface area contributed by atoms with Crippen LogP contribution in [0.3, 0.4) is 0 Å². The second kappa shape index (κ2) is 13.2. The van der Waals surface area contributed by atoms with Gasteiger partial charge in [-0.25, -0.2) is 0 Å². The van der Waals surface area contributed by atoms with Gasteiger partial charge < -0.3 is 39.1 Å². The molecule has 1 aliphatic rings. The highest BCUT2D eigenvalue weighted by Crippen LogP contribution is 2.59. The Balaban J connectivity index is 1.31. The number of halogens is 2. The molecule has 5 N–H and O–H groups in total. The number of hydrogen-bond donors (Lipinski definition) is 5. The van der Waals surface area contributed by atoms with Crippen LogP contribution in [0.4, 0.5) is 5.82 Å². The molecule has 2 aromatic carbocycles. The summed E-state index contributed by atoms with van der Waals surface area (Å²) >= 11 is 12.4. The van der Waals surface area contributed by atoms with Crippen LogP contribution in [-0.2, 0) is 36.1 Å². The van der Waals surface area contributed by atoms with Gasteiger partial charge in [0.05, 0.1) is 13.2 Å². The van der Waals surface area contributed by atoms with Crippen LogP contribution in [0.25, 0.3) is 11.2 Å². The summed E-state index contributed by atoms with van der Waals surface area (Å²) < 4.78 is 42.5. The van der Waals surface area contributed by atoms with Crippen molar-refractivity contribution in [2.45, 2.75) is 37.7 Å². The number of benzene rings is 2. The lowest BCUT2D eigenvalue weighted by atomic mass is 10.1. The summed E-state index contributed by atoms with van der Waals surface area (Å²) in [4.78, 5) is 27.3. The summed E-state index contributed by atoms with van der Waals surface area (Å²) in [5.41, 5.74) is 1.62. The Morgan fingerprint density at radius 2 is 1.70 bits per heavy atom. The van der Waals surface area contributed by atoms with Crippen molar-refractivity contribution in [1.29, 1.82) is 0 Å². The molecule has 0 radical (unpaired) electrons. The third-order valence-electron chi connectivity index (χ3n) is 6.34. The van der Waals surface area contributed by atoms with Gasteiger partial charge in [0.2, 0.25) is 5.28 Å². The molecule has 3 heterocycles. The molecule has 5 atom stereocenters. The van der Waals surface area contributed by atoms with Crippen molar-refractivity contribution in [2.24, 2.45) is 0 Å². The summed E-state index contributed by atoms with van der Waals surface area (Å²) in [6.45, 7) is -0.625. The van der Waals surface area contributed by atoms with Crippen molar-refractivity contribution in [3.63, 3.8) is 0 Å². The zero-order valence-electron chi connectivity index (χ0n) is 22.1. The first kappa shape index (κ1) is 31.9. The largest absolute Gasteiger partial charge is 0.387 e. The Morgan fingerprint density at radius 1 is 0.977 bits per heavy atom. The molecular weight excluding hydrogens is 649 g/mol. The van der Waals surface area contributed by atoms with Crippen LogP contribution in [0.2, 0.25) is 10.3 Å². The fourth-order valence-corrected chi connectivity index (χ4v) is 7.89. The highest BCUT2D eigenvalue weighted by atomic mass is 35.5. The van der Waals surface area contributed by atoms with Crippen molar-refractivity contribution in [2.75, 3.05) is 17.8 Å². The van der Waals surface area contributed by atoms with Gasteiger partial charge >= 0.3 is 15.2 Å². The minimum Gasteiger partial charge on any atom is -0.387 e. The van der Waals surface area contributed by atoms with E-state index in [1.807, 2.05) is 12.1 Å². The topological polar surface area (TPSA) is 211 Å². The van der Waals surface area contributed by atoms with E-state index in [0.29, 0.717) is 10.6 Å². The van der Waals surface area contributed by atoms with Crippen LogP contribution in [0.1, 0.15) is 17.4 Å². The number of aliphatic hydroxyl groups excluding tert-OH is 2. The van der Waals surface area contributed by atoms with Gasteiger partial charge in [-0.15, -0.1) is 5.10 Å². The number of nitrogens with one attached hydrogen (secondary N) is 1. The average Bonchev–Trinajstić information content (AvgIpc) is 3.50. The molecule has 19 heteroatoms. The van der Waals surface area contributed by atoms with E-state index >= 15 is 0 Å². The van der Waals surface area contributed by atoms with Gasteiger partial charge in [-0.05, 0) is 28.8 Å². The van der Waals surface area contributed by atoms with E-state index in [9.17, 15) is 29.1 Å². The Morgan fingerprint density at radius 3 is 2.42 bits per heavy atom. The third kappa shape index (κ3) is 7.77. The van der Waals surface area contributed by atoms with Crippen LogP contribution in [0.5, 0.6) is 0 Å². The molecule has 0 amide bonds. The number of rotatable bonds is 12. The van der Waals surface area contributed by atoms with Crippen molar-refractivity contribution in [3.8, 4) is 0 Å². The predicted molar refractivity (Wildman–Crippen MR) is 155 cm³/mol. The van der Waals surface area contributed by atoms with Gasteiger partial charge in [-0.3, -0.25) is 9.13 Å². The van der Waals surface area contributed by atoms with Gasteiger partial charge in [-0.1, -0.05) is 65.3 Å². The molecule has 0 bridgehead atoms. The fourth-order valence-electron chi connectivity index (χ4n) is 4.27. The molecule has 230 valence electrons. The highest BCUT2D eigenvalue weighted by Gasteiger charge is 2.47. The van der Waals surface area contributed by atoms with Crippen LogP contribution in [-0.4, -0.2) is 75.8 Å². The second-order valence-electron chi connectivity index (χ2n) is 9.51. The third-order valence-corrected chi connectivity index (χ3v) is 10.8. The molecule has 1 unspecified atom stereocenters. The standard InChI is InChI=1S/C24H26Cl2N6O9P2/c25-16-9-5-4-8-15(16)10-27-21-18-22(29-24(26)28-21)32(31-30-18)23-20(34)19(33)17(41-23)12-40-43(38,13-42(35,36)37)39-11-14-6-2-1-3-7-14/h1-9,17,19-20,23,33-34H,10-13H2,(H,27,28,29)(H2,35,36,37)/t17-,19-,20-,23-,43?/m1/s1. The molecule has 1 fully saturated rings. The number of anilines is 1. The number of ether oxygens (including phenoxy) is 1. The predicted octanol–water partition coefficient (Wildman–Crippen LogP) is 3.32. The SMILES string of the molecule is O=P(O)(O)CP(=O)(OCc1ccccc1)OC[C@H]1O[C@@H](n2nnc3c(NCc4ccccc4Cl)nc(Cl)nc32)[C@H](O)[C@@H]1O. The molecule has 4 aromatic rings. The molecule has 0 spiro atoms. The zero-order chi connectivity index (χ0) is 30.8. The maximum absolute atomic E-state index is 13.3. The molecular formula is C24H26Cl2N6O9P2. The molecule has 1 aliphatic heterocycles. The summed E-state index contributed by atoms with van der Waals surface area (Å²) in [7, 11) is -9.24. The average molecular weight is 675 g/mol. The van der Waals surface area contributed by atoms with E-state index in [1.54, 1.807) is 42.5 Å². The molecule has 5 rings (SSSR count). The quantitative estimate of drug-likeness (QED) is 0.108. The van der Waals surface area contributed by atoms with E-state index in [2.05, 4.69) is 25.6 Å². The van der Waals surface area contributed by atoms with Crippen molar-refractivity contribution < 1.29 is 42.9 Å². The van der Waals surface area contributed by atoms with Crippen LogP contribution in [0, 0.1) is 0 Å². The first-order valence-corrected chi connectivity index (χ1v) is 16.9. The first-order valence-electron chi connectivity index (χ1n) is 12.7. The first-order chi connectivity index (χ1) is 20.4. The van der Waals surface area contributed by atoms with Crippen LogP contribution in [0.15, 0.2) is 54.6 Å². The molecule has 43 heavy (non-hydrogen) atoms. The molecule has 1 saturated heterocycles. The molecule has 2 aromatic heterocycles. The number of aliphatic hydroxyl groups is 2.